The van der Waals surface area contributed by atoms with E-state index in [1.165, 1.54) is 36.1 Å². The summed E-state index contributed by atoms with van der Waals surface area (Å²) in [4.78, 5) is 24.6. The van der Waals surface area contributed by atoms with E-state index >= 15 is 0 Å². The number of hydrogen-bond donors (Lipinski definition) is 2. The molecule has 1 aromatic carbocycles. The van der Waals surface area contributed by atoms with Crippen LogP contribution in [0.25, 0.3) is 11.3 Å². The summed E-state index contributed by atoms with van der Waals surface area (Å²) in [7, 11) is 0. The summed E-state index contributed by atoms with van der Waals surface area (Å²) in [6.45, 7) is 2.99. The Morgan fingerprint density at radius 3 is 2.69 bits per heavy atom. The van der Waals surface area contributed by atoms with E-state index < -0.39 is 24.2 Å². The van der Waals surface area contributed by atoms with Gasteiger partial charge in [-0.3, -0.25) is 9.69 Å². The predicted octanol–water partition coefficient (Wildman–Crippen LogP) is 3.03. The summed E-state index contributed by atoms with van der Waals surface area (Å²) in [5, 5.41) is 10.2. The summed E-state index contributed by atoms with van der Waals surface area (Å²) in [6, 6.07) is 5.48. The van der Waals surface area contributed by atoms with E-state index in [4.69, 9.17) is 16.3 Å². The summed E-state index contributed by atoms with van der Waals surface area (Å²) < 4.78 is 20.0. The molecule has 0 bridgehead atoms. The number of benzene rings is 1. The largest absolute Gasteiger partial charge is 0.423 e. The second-order valence-corrected chi connectivity index (χ2v) is 6.49. The molecule has 1 aliphatic heterocycles. The van der Waals surface area contributed by atoms with Gasteiger partial charge in [0.05, 0.1) is 22.3 Å². The third kappa shape index (κ3) is 3.32. The Hall–Kier alpha value is -2.39. The Morgan fingerprint density at radius 2 is 2.08 bits per heavy atom. The molecule has 0 saturated carbocycles. The molecule has 1 aliphatic rings. The lowest BCUT2D eigenvalue weighted by atomic mass is 10.1. The molecular weight excluding hydrogens is 383 g/mol. The first-order valence-corrected chi connectivity index (χ1v) is 8.40. The lowest BCUT2D eigenvalue weighted by Gasteiger charge is -2.22. The molecule has 2 heterocycles. The molecule has 2 aromatic rings. The zero-order valence-electron chi connectivity index (χ0n) is 13.7. The molecule has 1 fully saturated rings. The first-order valence-electron chi connectivity index (χ1n) is 7.57. The second kappa shape index (κ2) is 7.08. The van der Waals surface area contributed by atoms with Gasteiger partial charge in [-0.15, -0.1) is 22.8 Å². The maximum absolute atomic E-state index is 14.8. The number of aromatic nitrogens is 2. The number of nitrogens with one attached hydrogen (secondary N) is 1. The quantitative estimate of drug-likeness (QED) is 0.779. The van der Waals surface area contributed by atoms with Crippen molar-refractivity contribution in [2.75, 3.05) is 4.90 Å². The monoisotopic (exact) mass is 396 g/mol. The van der Waals surface area contributed by atoms with Crippen molar-refractivity contribution in [2.45, 2.75) is 31.0 Å². The van der Waals surface area contributed by atoms with Crippen LogP contribution >= 0.6 is 24.2 Å². The Kier molecular flexibility index (Phi) is 5.01. The van der Waals surface area contributed by atoms with Gasteiger partial charge in [0.15, 0.2) is 11.4 Å². The van der Waals surface area contributed by atoms with Crippen molar-refractivity contribution < 1.29 is 18.7 Å². The molecule has 1 unspecified atom stereocenters. The molecule has 7 nitrogen and oxygen atoms in total. The molecule has 2 atom stereocenters. The summed E-state index contributed by atoms with van der Waals surface area (Å²) >= 11 is 9.91. The Bertz CT molecular complexity index is 881. The van der Waals surface area contributed by atoms with E-state index in [2.05, 4.69) is 28.1 Å². The number of carbonyl (C=O) groups is 2. The molecule has 1 saturated heterocycles. The maximum atomic E-state index is 14.8. The zero-order valence-corrected chi connectivity index (χ0v) is 15.4. The predicted molar refractivity (Wildman–Crippen MR) is 95.7 cm³/mol. The van der Waals surface area contributed by atoms with Crippen molar-refractivity contribution in [3.05, 3.63) is 35.2 Å². The van der Waals surface area contributed by atoms with Crippen LogP contribution in [0, 0.1) is 5.82 Å². The van der Waals surface area contributed by atoms with Crippen LogP contribution in [-0.4, -0.2) is 34.5 Å². The van der Waals surface area contributed by atoms with Gasteiger partial charge in [-0.05, 0) is 31.2 Å². The number of hydrogen-bond acceptors (Lipinski definition) is 6. The molecular formula is C16H14ClFN4O3S. The minimum absolute atomic E-state index is 0.0495. The van der Waals surface area contributed by atoms with Crippen LogP contribution in [0.5, 0.6) is 0 Å². The number of ether oxygens (including phenoxy) is 1. The van der Waals surface area contributed by atoms with Crippen molar-refractivity contribution in [1.82, 2.24) is 15.5 Å². The maximum Gasteiger partial charge on any atom is 0.416 e. The number of anilines is 1. The summed E-state index contributed by atoms with van der Waals surface area (Å²) in [5.74, 6) is -1.00. The van der Waals surface area contributed by atoms with Gasteiger partial charge in [0.25, 0.3) is 0 Å². The molecule has 0 radical (unpaired) electrons. The van der Waals surface area contributed by atoms with Gasteiger partial charge in [0.1, 0.15) is 5.82 Å². The number of thiol groups is 1. The molecule has 1 N–H and O–H groups in total. The average molecular weight is 397 g/mol. The summed E-state index contributed by atoms with van der Waals surface area (Å²) in [6.07, 6.45) is -1.54. The van der Waals surface area contributed by atoms with E-state index in [-0.39, 0.29) is 32.9 Å². The highest BCUT2D eigenvalue weighted by Gasteiger charge is 2.41. The number of amides is 2. The molecule has 3 rings (SSSR count). The van der Waals surface area contributed by atoms with Crippen molar-refractivity contribution in [3.63, 3.8) is 0 Å². The summed E-state index contributed by atoms with van der Waals surface area (Å²) in [5.41, 5.74) is 0.672. The fourth-order valence-electron chi connectivity index (χ4n) is 2.64. The highest BCUT2D eigenvalue weighted by Crippen LogP contribution is 2.36. The first-order chi connectivity index (χ1) is 12.3. The Labute approximate surface area is 158 Å². The molecule has 0 spiro atoms. The second-order valence-electron chi connectivity index (χ2n) is 5.65. The van der Waals surface area contributed by atoms with Gasteiger partial charge in [-0.1, -0.05) is 11.6 Å². The van der Waals surface area contributed by atoms with Gasteiger partial charge in [-0.2, -0.15) is 0 Å². The Balaban J connectivity index is 1.97. The fourth-order valence-corrected chi connectivity index (χ4v) is 3.04. The first kappa shape index (κ1) is 18.4. The highest BCUT2D eigenvalue weighted by atomic mass is 35.5. The van der Waals surface area contributed by atoms with E-state index in [1.807, 2.05) is 0 Å². The van der Waals surface area contributed by atoms with Crippen LogP contribution in [0.3, 0.4) is 0 Å². The minimum Gasteiger partial charge on any atom is -0.423 e. The third-order valence-electron chi connectivity index (χ3n) is 3.88. The van der Waals surface area contributed by atoms with Gasteiger partial charge in [0, 0.05) is 12.5 Å². The van der Waals surface area contributed by atoms with Crippen LogP contribution in [0.4, 0.5) is 14.9 Å². The van der Waals surface area contributed by atoms with Crippen molar-refractivity contribution in [1.29, 1.82) is 0 Å². The highest BCUT2D eigenvalue weighted by molar-refractivity contribution is 7.80. The number of rotatable bonds is 3. The zero-order chi connectivity index (χ0) is 19.0. The third-order valence-corrected chi connectivity index (χ3v) is 4.50. The molecule has 10 heteroatoms. The SMILES string of the molecule is CC(=O)N[C@H]1OC(=O)N(c2ccc(-c3ccc(Cl)nn3)c(F)c2S)C1C. The van der Waals surface area contributed by atoms with Crippen LogP contribution in [-0.2, 0) is 9.53 Å². The molecule has 26 heavy (non-hydrogen) atoms. The van der Waals surface area contributed by atoms with Crippen molar-refractivity contribution in [2.24, 2.45) is 0 Å². The Morgan fingerprint density at radius 1 is 1.35 bits per heavy atom. The normalized spacial score (nSPS) is 19.4. The van der Waals surface area contributed by atoms with Crippen LogP contribution < -0.4 is 10.2 Å². The van der Waals surface area contributed by atoms with E-state index in [9.17, 15) is 14.0 Å². The molecule has 2 amide bonds. The fraction of sp³-hybridized carbons (Fsp3) is 0.250. The van der Waals surface area contributed by atoms with Gasteiger partial charge < -0.3 is 10.1 Å². The van der Waals surface area contributed by atoms with Crippen LogP contribution in [0.15, 0.2) is 29.2 Å². The van der Waals surface area contributed by atoms with E-state index in [0.29, 0.717) is 0 Å². The van der Waals surface area contributed by atoms with Crippen LogP contribution in [0.2, 0.25) is 5.15 Å². The number of cyclic esters (lactones) is 1. The lowest BCUT2D eigenvalue weighted by Crippen LogP contribution is -2.43. The minimum atomic E-state index is -0.836. The smallest absolute Gasteiger partial charge is 0.416 e. The average Bonchev–Trinajstić information content (AvgIpc) is 2.85. The van der Waals surface area contributed by atoms with Crippen molar-refractivity contribution in [3.8, 4) is 11.3 Å². The van der Waals surface area contributed by atoms with Gasteiger partial charge in [0.2, 0.25) is 5.91 Å². The standard InChI is InChI=1S/C16H14ClFN4O3S/c1-7-15(19-8(2)23)25-16(24)22(7)11-5-3-9(13(18)14(11)26)10-4-6-12(17)21-20-10/h3-7,15,26H,1-2H3,(H,19,23)/t7?,15-/m0/s1. The van der Waals surface area contributed by atoms with Gasteiger partial charge in [-0.25, -0.2) is 9.18 Å². The number of halogens is 2. The van der Waals surface area contributed by atoms with E-state index in [0.717, 1.165) is 0 Å². The van der Waals surface area contributed by atoms with Crippen molar-refractivity contribution >= 4 is 41.9 Å². The number of carbonyl (C=O) groups excluding carboxylic acids is 2. The molecule has 136 valence electrons. The van der Waals surface area contributed by atoms with Crippen LogP contribution in [0.1, 0.15) is 13.8 Å². The lowest BCUT2D eigenvalue weighted by molar-refractivity contribution is -0.121. The topological polar surface area (TPSA) is 84.4 Å². The van der Waals surface area contributed by atoms with E-state index in [1.54, 1.807) is 6.92 Å². The molecule has 1 aromatic heterocycles. The number of nitrogens with zero attached hydrogens (tertiary/aromatic N) is 3. The molecule has 0 aliphatic carbocycles. The van der Waals surface area contributed by atoms with Gasteiger partial charge >= 0.3 is 6.09 Å².